The number of nitrogens with one attached hydrogen (secondary N) is 2. The van der Waals surface area contributed by atoms with Crippen molar-refractivity contribution < 1.29 is 8.42 Å². The molecule has 0 radical (unpaired) electrons. The van der Waals surface area contributed by atoms with Crippen LogP contribution in [0.3, 0.4) is 0 Å². The molecule has 0 aromatic heterocycles. The first-order valence-corrected chi connectivity index (χ1v) is 8.47. The van der Waals surface area contributed by atoms with E-state index in [9.17, 15) is 8.42 Å². The Kier molecular flexibility index (Phi) is 4.55. The second-order valence-corrected chi connectivity index (χ2v) is 7.26. The highest BCUT2D eigenvalue weighted by Crippen LogP contribution is 2.26. The van der Waals surface area contributed by atoms with Crippen molar-refractivity contribution in [1.29, 1.82) is 0 Å². The molecule has 0 saturated carbocycles. The fourth-order valence-electron chi connectivity index (χ4n) is 1.87. The van der Waals surface area contributed by atoms with E-state index in [1.54, 1.807) is 12.1 Å². The molecule has 112 valence electrons. The maximum absolute atomic E-state index is 11.8. The number of nitrogens with two attached hydrogens (primary N) is 1. The molecule has 4 N–H and O–H groups in total. The van der Waals surface area contributed by atoms with Gasteiger partial charge < -0.3 is 11.1 Å². The summed E-state index contributed by atoms with van der Waals surface area (Å²) < 4.78 is 26.8. The van der Waals surface area contributed by atoms with Crippen LogP contribution in [-0.2, 0) is 10.0 Å². The monoisotopic (exact) mass is 369 g/mol. The Labute approximate surface area is 132 Å². The van der Waals surface area contributed by atoms with Crippen LogP contribution in [0.25, 0.3) is 0 Å². The fraction of sp³-hybridized carbons (Fsp3) is 0.143. The summed E-state index contributed by atoms with van der Waals surface area (Å²) in [6.45, 7) is 1.99. The number of sulfonamides is 1. The van der Waals surface area contributed by atoms with E-state index >= 15 is 0 Å². The van der Waals surface area contributed by atoms with Crippen molar-refractivity contribution in [2.75, 3.05) is 18.1 Å². The number of aryl methyl sites for hydroxylation is 1. The highest BCUT2D eigenvalue weighted by molar-refractivity contribution is 9.10. The lowest BCUT2D eigenvalue weighted by molar-refractivity contribution is 0.588. The number of hydrogen-bond acceptors (Lipinski definition) is 4. The molecule has 0 fully saturated rings. The van der Waals surface area contributed by atoms with Crippen LogP contribution in [0, 0.1) is 6.92 Å². The third kappa shape index (κ3) is 3.55. The molecular formula is C14H16BrN3O2S. The third-order valence-corrected chi connectivity index (χ3v) is 5.39. The van der Waals surface area contributed by atoms with Gasteiger partial charge in [0.05, 0.1) is 5.69 Å². The largest absolute Gasteiger partial charge is 0.398 e. The fourth-order valence-corrected chi connectivity index (χ4v) is 2.95. The Morgan fingerprint density at radius 3 is 2.29 bits per heavy atom. The summed E-state index contributed by atoms with van der Waals surface area (Å²) in [6, 6.07) is 10.6. The van der Waals surface area contributed by atoms with Gasteiger partial charge in [-0.1, -0.05) is 15.9 Å². The quantitative estimate of drug-likeness (QED) is 0.723. The average molecular weight is 370 g/mol. The molecule has 0 aliphatic carbocycles. The third-order valence-electron chi connectivity index (χ3n) is 3.01. The lowest BCUT2D eigenvalue weighted by Crippen LogP contribution is -2.19. The molecule has 21 heavy (non-hydrogen) atoms. The smallest absolute Gasteiger partial charge is 0.242 e. The van der Waals surface area contributed by atoms with E-state index < -0.39 is 10.0 Å². The molecule has 2 rings (SSSR count). The Hall–Kier alpha value is -1.57. The average Bonchev–Trinajstić information content (AvgIpc) is 2.43. The van der Waals surface area contributed by atoms with Gasteiger partial charge in [-0.05, 0) is 55.9 Å². The Balaban J connectivity index is 2.30. The van der Waals surface area contributed by atoms with Crippen LogP contribution in [0.5, 0.6) is 0 Å². The number of nitrogen functional groups attached to an aromatic ring is 1. The molecule has 0 spiro atoms. The summed E-state index contributed by atoms with van der Waals surface area (Å²) in [7, 11) is -2.19. The normalized spacial score (nSPS) is 11.4. The van der Waals surface area contributed by atoms with E-state index in [4.69, 9.17) is 5.73 Å². The molecule has 0 heterocycles. The maximum Gasteiger partial charge on any atom is 0.242 e. The van der Waals surface area contributed by atoms with Crippen molar-refractivity contribution in [3.05, 3.63) is 46.4 Å². The zero-order chi connectivity index (χ0) is 15.6. The topological polar surface area (TPSA) is 84.2 Å². The first-order valence-electron chi connectivity index (χ1n) is 6.20. The second kappa shape index (κ2) is 6.05. The predicted molar refractivity (Wildman–Crippen MR) is 89.3 cm³/mol. The van der Waals surface area contributed by atoms with Crippen LogP contribution >= 0.6 is 15.9 Å². The molecule has 0 unspecified atom stereocenters. The summed E-state index contributed by atoms with van der Waals surface area (Å²) >= 11 is 3.44. The first-order chi connectivity index (χ1) is 9.83. The van der Waals surface area contributed by atoms with Gasteiger partial charge in [0.25, 0.3) is 0 Å². The van der Waals surface area contributed by atoms with Crippen molar-refractivity contribution in [2.45, 2.75) is 11.8 Å². The summed E-state index contributed by atoms with van der Waals surface area (Å²) in [6.07, 6.45) is 0. The minimum atomic E-state index is -3.54. The number of benzene rings is 2. The molecule has 2 aromatic carbocycles. The molecule has 7 heteroatoms. The van der Waals surface area contributed by atoms with E-state index in [2.05, 4.69) is 26.0 Å². The van der Waals surface area contributed by atoms with E-state index in [0.717, 1.165) is 21.4 Å². The van der Waals surface area contributed by atoms with Crippen molar-refractivity contribution in [1.82, 2.24) is 4.72 Å². The SMILES string of the molecule is CNS(=O)(=O)c1ccc(Nc2ccc(Br)c(C)c2)cc1N. The van der Waals surface area contributed by atoms with Crippen LogP contribution in [0.4, 0.5) is 17.1 Å². The maximum atomic E-state index is 11.8. The van der Waals surface area contributed by atoms with Gasteiger partial charge in [0.2, 0.25) is 10.0 Å². The van der Waals surface area contributed by atoms with Gasteiger partial charge >= 0.3 is 0 Å². The summed E-state index contributed by atoms with van der Waals surface area (Å²) in [5.74, 6) is 0. The van der Waals surface area contributed by atoms with Crippen LogP contribution in [-0.4, -0.2) is 15.5 Å². The van der Waals surface area contributed by atoms with Crippen LogP contribution in [0.15, 0.2) is 45.8 Å². The predicted octanol–water partition coefficient (Wildman–Crippen LogP) is 2.99. The summed E-state index contributed by atoms with van der Waals surface area (Å²) in [5, 5.41) is 3.19. The summed E-state index contributed by atoms with van der Waals surface area (Å²) in [5.41, 5.74) is 8.75. The van der Waals surface area contributed by atoms with E-state index in [0.29, 0.717) is 0 Å². The lowest BCUT2D eigenvalue weighted by Gasteiger charge is -2.11. The second-order valence-electron chi connectivity index (χ2n) is 4.55. The summed E-state index contributed by atoms with van der Waals surface area (Å²) in [4.78, 5) is 0.0718. The minimum absolute atomic E-state index is 0.0718. The number of anilines is 3. The minimum Gasteiger partial charge on any atom is -0.398 e. The van der Waals surface area contributed by atoms with Crippen LogP contribution < -0.4 is 15.8 Å². The molecular weight excluding hydrogens is 354 g/mol. The van der Waals surface area contributed by atoms with E-state index in [1.165, 1.54) is 13.1 Å². The molecule has 0 saturated heterocycles. The van der Waals surface area contributed by atoms with Gasteiger partial charge in [0, 0.05) is 15.8 Å². The Bertz CT molecular complexity index is 776. The van der Waals surface area contributed by atoms with Gasteiger partial charge in [-0.3, -0.25) is 0 Å². The number of rotatable bonds is 4. The van der Waals surface area contributed by atoms with E-state index in [1.807, 2.05) is 25.1 Å². The van der Waals surface area contributed by atoms with Crippen molar-refractivity contribution in [2.24, 2.45) is 0 Å². The Morgan fingerprint density at radius 1 is 1.10 bits per heavy atom. The van der Waals surface area contributed by atoms with Gasteiger partial charge in [-0.15, -0.1) is 0 Å². The van der Waals surface area contributed by atoms with Gasteiger partial charge in [0.15, 0.2) is 0 Å². The molecule has 2 aromatic rings. The molecule has 0 bridgehead atoms. The van der Waals surface area contributed by atoms with Crippen LogP contribution in [0.2, 0.25) is 0 Å². The lowest BCUT2D eigenvalue weighted by atomic mass is 10.2. The van der Waals surface area contributed by atoms with Crippen molar-refractivity contribution in [3.8, 4) is 0 Å². The first kappa shape index (κ1) is 15.8. The zero-order valence-corrected chi connectivity index (χ0v) is 14.0. The highest BCUT2D eigenvalue weighted by Gasteiger charge is 2.15. The zero-order valence-electron chi connectivity index (χ0n) is 11.6. The van der Waals surface area contributed by atoms with Crippen molar-refractivity contribution in [3.63, 3.8) is 0 Å². The van der Waals surface area contributed by atoms with Gasteiger partial charge in [0.1, 0.15) is 4.90 Å². The van der Waals surface area contributed by atoms with Gasteiger partial charge in [-0.2, -0.15) is 0 Å². The molecule has 5 nitrogen and oxygen atoms in total. The standard InChI is InChI=1S/C14H16BrN3O2S/c1-9-7-10(3-5-12(9)15)18-11-4-6-14(13(16)8-11)21(19,20)17-2/h3-8,17-18H,16H2,1-2H3. The molecule has 0 amide bonds. The molecule has 0 atom stereocenters. The molecule has 0 aliphatic rings. The number of halogens is 1. The molecule has 0 aliphatic heterocycles. The number of hydrogen-bond donors (Lipinski definition) is 3. The Morgan fingerprint density at radius 2 is 1.71 bits per heavy atom. The van der Waals surface area contributed by atoms with Crippen LogP contribution in [0.1, 0.15) is 5.56 Å². The highest BCUT2D eigenvalue weighted by atomic mass is 79.9. The van der Waals surface area contributed by atoms with Gasteiger partial charge in [-0.25, -0.2) is 13.1 Å². The van der Waals surface area contributed by atoms with Crippen molar-refractivity contribution >= 4 is 43.0 Å². The van der Waals surface area contributed by atoms with E-state index in [-0.39, 0.29) is 10.6 Å².